The molecule has 1 aromatic heterocycles. The number of nitrogens with one attached hydrogen (secondary N) is 1. The number of carbonyl (C=O) groups is 1. The lowest BCUT2D eigenvalue weighted by Gasteiger charge is -2.21. The van der Waals surface area contributed by atoms with Crippen molar-refractivity contribution in [3.63, 3.8) is 0 Å². The van der Waals surface area contributed by atoms with Crippen molar-refractivity contribution < 1.29 is 4.79 Å². The zero-order chi connectivity index (χ0) is 29.2. The molecule has 40 heavy (non-hydrogen) atoms. The summed E-state index contributed by atoms with van der Waals surface area (Å²) in [6.07, 6.45) is 24.2. The number of carbonyl (C=O) groups excluding carboxylic acids is 1. The van der Waals surface area contributed by atoms with Gasteiger partial charge in [0.2, 0.25) is 5.91 Å². The minimum absolute atomic E-state index is 0.231. The predicted octanol–water partition coefficient (Wildman–Crippen LogP) is 6.57. The van der Waals surface area contributed by atoms with Gasteiger partial charge in [0.1, 0.15) is 11.5 Å². The van der Waals surface area contributed by atoms with Crippen LogP contribution in [0.15, 0.2) is 9.59 Å². The molecule has 0 saturated carbocycles. The SMILES string of the molecule is CCCCCCCCCCCCN(CCCCCCCCCCCN1CN(C)c2c1n(C)c(=O)[nH]c2=O)C(C)=O. The molecule has 8 nitrogen and oxygen atoms in total. The average molecular weight is 562 g/mol. The maximum Gasteiger partial charge on any atom is 0.329 e. The molecule has 0 spiro atoms. The van der Waals surface area contributed by atoms with E-state index in [1.165, 1.54) is 103 Å². The number of nitrogens with zero attached hydrogens (tertiary/aromatic N) is 4. The first-order valence-corrected chi connectivity index (χ1v) is 16.4. The molecular formula is C32H59N5O3. The Labute approximate surface area is 243 Å². The van der Waals surface area contributed by atoms with Crippen LogP contribution in [0.5, 0.6) is 0 Å². The molecule has 0 fully saturated rings. The zero-order valence-corrected chi connectivity index (χ0v) is 26.3. The van der Waals surface area contributed by atoms with Gasteiger partial charge in [0, 0.05) is 40.7 Å². The fraction of sp³-hybridized carbons (Fsp3) is 0.844. The molecule has 2 rings (SSSR count). The monoisotopic (exact) mass is 561 g/mol. The Kier molecular flexibility index (Phi) is 16.8. The summed E-state index contributed by atoms with van der Waals surface area (Å²) in [6.45, 7) is 7.34. The van der Waals surface area contributed by atoms with Crippen molar-refractivity contribution in [1.29, 1.82) is 0 Å². The number of anilines is 2. The fourth-order valence-electron chi connectivity index (χ4n) is 5.93. The molecule has 230 valence electrons. The summed E-state index contributed by atoms with van der Waals surface area (Å²) in [7, 11) is 3.62. The van der Waals surface area contributed by atoms with Crippen LogP contribution in [0.4, 0.5) is 11.5 Å². The van der Waals surface area contributed by atoms with Crippen molar-refractivity contribution in [1.82, 2.24) is 14.5 Å². The van der Waals surface area contributed by atoms with E-state index in [9.17, 15) is 14.4 Å². The van der Waals surface area contributed by atoms with Gasteiger partial charge in [-0.15, -0.1) is 0 Å². The minimum atomic E-state index is -0.355. The van der Waals surface area contributed by atoms with Gasteiger partial charge in [-0.3, -0.25) is 19.1 Å². The number of H-pyrrole nitrogens is 1. The third kappa shape index (κ3) is 12.1. The number of hydrogen-bond acceptors (Lipinski definition) is 5. The maximum atomic E-state index is 12.2. The number of fused-ring (bicyclic) bond motifs is 1. The number of amides is 1. The van der Waals surface area contributed by atoms with E-state index in [4.69, 9.17) is 0 Å². The molecule has 1 aromatic rings. The van der Waals surface area contributed by atoms with Crippen LogP contribution in [0.3, 0.4) is 0 Å². The molecule has 0 atom stereocenters. The van der Waals surface area contributed by atoms with Crippen molar-refractivity contribution in [2.24, 2.45) is 7.05 Å². The van der Waals surface area contributed by atoms with E-state index in [-0.39, 0.29) is 17.2 Å². The van der Waals surface area contributed by atoms with Crippen LogP contribution in [0.25, 0.3) is 0 Å². The zero-order valence-electron chi connectivity index (χ0n) is 26.3. The predicted molar refractivity (Wildman–Crippen MR) is 169 cm³/mol. The molecule has 8 heteroatoms. The Bertz CT molecular complexity index is 957. The Balaban J connectivity index is 1.44. The highest BCUT2D eigenvalue weighted by Crippen LogP contribution is 2.29. The van der Waals surface area contributed by atoms with Gasteiger partial charge in [-0.05, 0) is 19.3 Å². The first-order valence-electron chi connectivity index (χ1n) is 16.4. The topological polar surface area (TPSA) is 81.7 Å². The van der Waals surface area contributed by atoms with Crippen LogP contribution in [0, 0.1) is 0 Å². The van der Waals surface area contributed by atoms with Gasteiger partial charge in [-0.25, -0.2) is 4.79 Å². The molecule has 1 aliphatic rings. The number of hydrogen-bond donors (Lipinski definition) is 1. The van der Waals surface area contributed by atoms with Gasteiger partial charge in [0.05, 0.1) is 6.67 Å². The molecule has 2 heterocycles. The van der Waals surface area contributed by atoms with E-state index < -0.39 is 0 Å². The summed E-state index contributed by atoms with van der Waals surface area (Å²) in [5, 5.41) is 0. The van der Waals surface area contributed by atoms with Crippen molar-refractivity contribution in [3.8, 4) is 0 Å². The quantitative estimate of drug-likeness (QED) is 0.153. The van der Waals surface area contributed by atoms with Crippen molar-refractivity contribution >= 4 is 17.4 Å². The Morgan fingerprint density at radius 1 is 0.725 bits per heavy atom. The lowest BCUT2D eigenvalue weighted by molar-refractivity contribution is -0.129. The number of rotatable bonds is 23. The van der Waals surface area contributed by atoms with Crippen LogP contribution in [-0.4, -0.2) is 53.7 Å². The molecule has 0 bridgehead atoms. The van der Waals surface area contributed by atoms with E-state index in [1.54, 1.807) is 18.5 Å². The van der Waals surface area contributed by atoms with Gasteiger partial charge >= 0.3 is 5.69 Å². The van der Waals surface area contributed by atoms with Gasteiger partial charge in [-0.2, -0.15) is 0 Å². The van der Waals surface area contributed by atoms with Gasteiger partial charge in [0.15, 0.2) is 0 Å². The largest absolute Gasteiger partial charge is 0.349 e. The minimum Gasteiger partial charge on any atom is -0.349 e. The molecule has 0 saturated heterocycles. The van der Waals surface area contributed by atoms with Crippen LogP contribution < -0.4 is 21.0 Å². The normalized spacial score (nSPS) is 12.8. The molecule has 1 amide bonds. The summed E-state index contributed by atoms with van der Waals surface area (Å²) in [4.78, 5) is 44.8. The second kappa shape index (κ2) is 19.8. The highest BCUT2D eigenvalue weighted by atomic mass is 16.2. The van der Waals surface area contributed by atoms with Gasteiger partial charge < -0.3 is 14.7 Å². The number of aromatic nitrogens is 2. The number of aromatic amines is 1. The second-order valence-electron chi connectivity index (χ2n) is 12.0. The van der Waals surface area contributed by atoms with E-state index in [2.05, 4.69) is 21.7 Å². The first-order chi connectivity index (χ1) is 19.4. The Morgan fingerprint density at radius 2 is 1.18 bits per heavy atom. The van der Waals surface area contributed by atoms with Crippen molar-refractivity contribution in [2.75, 3.05) is 43.2 Å². The fourth-order valence-corrected chi connectivity index (χ4v) is 5.93. The summed E-state index contributed by atoms with van der Waals surface area (Å²) < 4.78 is 1.55. The molecular weight excluding hydrogens is 502 g/mol. The summed E-state index contributed by atoms with van der Waals surface area (Å²) in [5.41, 5.74) is -0.0642. The van der Waals surface area contributed by atoms with E-state index in [0.717, 1.165) is 44.7 Å². The van der Waals surface area contributed by atoms with Crippen LogP contribution in [-0.2, 0) is 11.8 Å². The van der Waals surface area contributed by atoms with Crippen LogP contribution in [0.2, 0.25) is 0 Å². The highest BCUT2D eigenvalue weighted by molar-refractivity contribution is 5.73. The highest BCUT2D eigenvalue weighted by Gasteiger charge is 2.28. The first kappa shape index (κ1) is 34.0. The molecule has 1 aliphatic heterocycles. The van der Waals surface area contributed by atoms with E-state index in [1.807, 2.05) is 11.9 Å². The standard InChI is InChI=1S/C32H59N5O3/c1-5-6-7-8-9-10-12-15-18-21-24-36(28(2)38)25-22-19-16-13-11-14-17-20-23-26-37-27-34(3)29-30(39)33-32(40)35(4)31(29)37/h5-27H2,1-4H3,(H,33,39,40). The molecule has 0 radical (unpaired) electrons. The van der Waals surface area contributed by atoms with Crippen molar-refractivity contribution in [3.05, 3.63) is 20.8 Å². The van der Waals surface area contributed by atoms with Gasteiger partial charge in [0.25, 0.3) is 5.56 Å². The third-order valence-electron chi connectivity index (χ3n) is 8.42. The van der Waals surface area contributed by atoms with E-state index >= 15 is 0 Å². The van der Waals surface area contributed by atoms with Crippen LogP contribution >= 0.6 is 0 Å². The lowest BCUT2D eigenvalue weighted by atomic mass is 10.1. The summed E-state index contributed by atoms with van der Waals surface area (Å²) in [6, 6.07) is 0. The Morgan fingerprint density at radius 3 is 1.65 bits per heavy atom. The smallest absolute Gasteiger partial charge is 0.329 e. The lowest BCUT2D eigenvalue weighted by Crippen LogP contribution is -2.32. The number of unbranched alkanes of at least 4 members (excludes halogenated alkanes) is 17. The summed E-state index contributed by atoms with van der Waals surface area (Å²) in [5.74, 6) is 0.970. The molecule has 0 aromatic carbocycles. The second-order valence-corrected chi connectivity index (χ2v) is 12.0. The molecule has 0 unspecified atom stereocenters. The molecule has 1 N–H and O–H groups in total. The van der Waals surface area contributed by atoms with Crippen LogP contribution in [0.1, 0.15) is 136 Å². The van der Waals surface area contributed by atoms with E-state index in [0.29, 0.717) is 12.4 Å². The maximum absolute atomic E-state index is 12.2. The van der Waals surface area contributed by atoms with Gasteiger partial charge in [-0.1, -0.05) is 110 Å². The third-order valence-corrected chi connectivity index (χ3v) is 8.42. The molecule has 0 aliphatic carbocycles. The van der Waals surface area contributed by atoms with Crippen molar-refractivity contribution in [2.45, 2.75) is 136 Å². The average Bonchev–Trinajstić information content (AvgIpc) is 3.26. The Hall–Kier alpha value is -2.25. The summed E-state index contributed by atoms with van der Waals surface area (Å²) >= 11 is 0.